The van der Waals surface area contributed by atoms with E-state index in [0.29, 0.717) is 5.92 Å². The molecule has 0 saturated carbocycles. The Labute approximate surface area is 89.5 Å². The summed E-state index contributed by atoms with van der Waals surface area (Å²) in [5.41, 5.74) is 0.105. The van der Waals surface area contributed by atoms with E-state index in [1.807, 2.05) is 13.2 Å². The highest BCUT2D eigenvalue weighted by molar-refractivity contribution is 5.00. The summed E-state index contributed by atoms with van der Waals surface area (Å²) in [6.45, 7) is 15.1. The van der Waals surface area contributed by atoms with Crippen LogP contribution in [0.5, 0.6) is 0 Å². The van der Waals surface area contributed by atoms with Gasteiger partial charge in [-0.25, -0.2) is 0 Å². The van der Waals surface area contributed by atoms with Crippen LogP contribution in [0.1, 0.15) is 47.5 Å². The monoisotopic (exact) mass is 198 g/mol. The van der Waals surface area contributed by atoms with E-state index in [2.05, 4.69) is 41.2 Å². The first-order chi connectivity index (χ1) is 6.38. The molecule has 14 heavy (non-hydrogen) atoms. The van der Waals surface area contributed by atoms with Gasteiger partial charge in [-0.05, 0) is 24.2 Å². The van der Waals surface area contributed by atoms with Crippen LogP contribution in [0.15, 0.2) is 12.7 Å². The van der Waals surface area contributed by atoms with Crippen LogP contribution in [0.3, 0.4) is 0 Å². The molecule has 0 bridgehead atoms. The summed E-state index contributed by atoms with van der Waals surface area (Å²) in [5, 5.41) is 0. The maximum absolute atomic E-state index is 5.82. The van der Waals surface area contributed by atoms with Crippen molar-refractivity contribution in [2.45, 2.75) is 53.1 Å². The molecule has 1 atom stereocenters. The fourth-order valence-corrected chi connectivity index (χ4v) is 2.40. The number of hydrogen-bond donors (Lipinski definition) is 0. The molecular formula is C13H26O. The van der Waals surface area contributed by atoms with Crippen LogP contribution >= 0.6 is 0 Å². The van der Waals surface area contributed by atoms with Crippen LogP contribution in [-0.4, -0.2) is 12.7 Å². The number of hydrogen-bond acceptors (Lipinski definition) is 1. The van der Waals surface area contributed by atoms with Gasteiger partial charge in [0.15, 0.2) is 0 Å². The minimum absolute atomic E-state index is 0.0799. The van der Waals surface area contributed by atoms with Crippen LogP contribution in [-0.2, 0) is 4.74 Å². The minimum Gasteiger partial charge on any atom is -0.377 e. The molecule has 0 aromatic rings. The summed E-state index contributed by atoms with van der Waals surface area (Å²) in [6, 6.07) is 0. The first-order valence-electron chi connectivity index (χ1n) is 5.54. The summed E-state index contributed by atoms with van der Waals surface area (Å²) < 4.78 is 5.82. The molecular weight excluding hydrogens is 172 g/mol. The van der Waals surface area contributed by atoms with E-state index < -0.39 is 0 Å². The predicted octanol–water partition coefficient (Wildman–Crippen LogP) is 4.04. The molecule has 1 heteroatoms. The van der Waals surface area contributed by atoms with Crippen LogP contribution < -0.4 is 0 Å². The number of ether oxygens (including phenoxy) is 1. The zero-order chi connectivity index (χ0) is 11.4. The molecule has 0 spiro atoms. The molecule has 0 amide bonds. The van der Waals surface area contributed by atoms with Gasteiger partial charge < -0.3 is 4.74 Å². The molecule has 1 nitrogen and oxygen atoms in total. The van der Waals surface area contributed by atoms with Gasteiger partial charge >= 0.3 is 0 Å². The van der Waals surface area contributed by atoms with Crippen LogP contribution in [0.2, 0.25) is 0 Å². The van der Waals surface area contributed by atoms with E-state index in [9.17, 15) is 0 Å². The second kappa shape index (κ2) is 4.97. The smallest absolute Gasteiger partial charge is 0.0786 e. The van der Waals surface area contributed by atoms with Crippen molar-refractivity contribution in [2.24, 2.45) is 11.3 Å². The SMILES string of the molecule is C=CC[C@](OC)(C(C)C)C(C)(C)CC. The van der Waals surface area contributed by atoms with Gasteiger partial charge in [0.25, 0.3) is 0 Å². The minimum atomic E-state index is -0.0799. The van der Waals surface area contributed by atoms with E-state index in [-0.39, 0.29) is 11.0 Å². The van der Waals surface area contributed by atoms with Crippen molar-refractivity contribution in [3.05, 3.63) is 12.7 Å². The Morgan fingerprint density at radius 1 is 1.36 bits per heavy atom. The Morgan fingerprint density at radius 3 is 2.07 bits per heavy atom. The predicted molar refractivity (Wildman–Crippen MR) is 63.5 cm³/mol. The molecule has 0 rings (SSSR count). The first kappa shape index (κ1) is 13.7. The van der Waals surface area contributed by atoms with Crippen molar-refractivity contribution in [3.63, 3.8) is 0 Å². The van der Waals surface area contributed by atoms with Gasteiger partial charge in [0.2, 0.25) is 0 Å². The molecule has 0 saturated heterocycles. The molecule has 0 unspecified atom stereocenters. The lowest BCUT2D eigenvalue weighted by Crippen LogP contribution is -2.50. The van der Waals surface area contributed by atoms with Gasteiger partial charge in [0, 0.05) is 7.11 Å². The van der Waals surface area contributed by atoms with Crippen molar-refractivity contribution in [2.75, 3.05) is 7.11 Å². The van der Waals surface area contributed by atoms with Crippen molar-refractivity contribution < 1.29 is 4.74 Å². The average molecular weight is 198 g/mol. The summed E-state index contributed by atoms with van der Waals surface area (Å²) in [5.74, 6) is 0.500. The van der Waals surface area contributed by atoms with Crippen LogP contribution in [0.4, 0.5) is 0 Å². The lowest BCUT2D eigenvalue weighted by atomic mass is 9.65. The maximum Gasteiger partial charge on any atom is 0.0786 e. The zero-order valence-corrected chi connectivity index (χ0v) is 10.7. The molecule has 0 fully saturated rings. The summed E-state index contributed by atoms with van der Waals surface area (Å²) in [4.78, 5) is 0. The quantitative estimate of drug-likeness (QED) is 0.585. The molecule has 0 aromatic heterocycles. The number of rotatable bonds is 6. The second-order valence-electron chi connectivity index (χ2n) is 4.98. The highest BCUT2D eigenvalue weighted by atomic mass is 16.5. The largest absolute Gasteiger partial charge is 0.377 e. The van der Waals surface area contributed by atoms with E-state index in [0.717, 1.165) is 12.8 Å². The first-order valence-corrected chi connectivity index (χ1v) is 5.54. The topological polar surface area (TPSA) is 9.23 Å². The van der Waals surface area contributed by atoms with Gasteiger partial charge in [0.1, 0.15) is 0 Å². The Kier molecular flexibility index (Phi) is 4.87. The Morgan fingerprint density at radius 2 is 1.86 bits per heavy atom. The summed E-state index contributed by atoms with van der Waals surface area (Å²) in [6.07, 6.45) is 4.01. The molecule has 0 N–H and O–H groups in total. The molecule has 0 aliphatic carbocycles. The van der Waals surface area contributed by atoms with E-state index in [4.69, 9.17) is 4.74 Å². The van der Waals surface area contributed by atoms with Crippen LogP contribution in [0.25, 0.3) is 0 Å². The van der Waals surface area contributed by atoms with Crippen molar-refractivity contribution in [3.8, 4) is 0 Å². The second-order valence-corrected chi connectivity index (χ2v) is 4.98. The van der Waals surface area contributed by atoms with E-state index >= 15 is 0 Å². The van der Waals surface area contributed by atoms with Crippen molar-refractivity contribution in [1.82, 2.24) is 0 Å². The van der Waals surface area contributed by atoms with Gasteiger partial charge in [-0.2, -0.15) is 0 Å². The Balaban J connectivity index is 5.11. The van der Waals surface area contributed by atoms with Gasteiger partial charge in [-0.1, -0.05) is 40.7 Å². The molecule has 0 aromatic carbocycles. The Bertz CT molecular complexity index is 182. The van der Waals surface area contributed by atoms with Gasteiger partial charge in [-0.3, -0.25) is 0 Å². The van der Waals surface area contributed by atoms with Gasteiger partial charge in [-0.15, -0.1) is 6.58 Å². The maximum atomic E-state index is 5.82. The van der Waals surface area contributed by atoms with Crippen molar-refractivity contribution in [1.29, 1.82) is 0 Å². The molecule has 0 aliphatic rings. The third kappa shape index (κ3) is 2.20. The number of methoxy groups -OCH3 is 1. The van der Waals surface area contributed by atoms with Crippen molar-refractivity contribution >= 4 is 0 Å². The summed E-state index contributed by atoms with van der Waals surface area (Å²) >= 11 is 0. The lowest BCUT2D eigenvalue weighted by Gasteiger charge is -2.48. The lowest BCUT2D eigenvalue weighted by molar-refractivity contribution is -0.131. The molecule has 0 heterocycles. The van der Waals surface area contributed by atoms with E-state index in [1.54, 1.807) is 0 Å². The third-order valence-corrected chi connectivity index (χ3v) is 3.77. The molecule has 84 valence electrons. The fraction of sp³-hybridized carbons (Fsp3) is 0.846. The van der Waals surface area contributed by atoms with Crippen LogP contribution in [0, 0.1) is 11.3 Å². The fourth-order valence-electron chi connectivity index (χ4n) is 2.40. The standard InChI is InChI=1S/C13H26O/c1-8-10-13(14-7,11(3)4)12(5,6)9-2/h8,11H,1,9-10H2,2-7H3/t13-/m0/s1. The Hall–Kier alpha value is -0.300. The highest BCUT2D eigenvalue weighted by Gasteiger charge is 2.45. The summed E-state index contributed by atoms with van der Waals surface area (Å²) in [7, 11) is 1.82. The highest BCUT2D eigenvalue weighted by Crippen LogP contribution is 2.44. The molecule has 0 aliphatic heterocycles. The zero-order valence-electron chi connectivity index (χ0n) is 10.7. The van der Waals surface area contributed by atoms with E-state index in [1.165, 1.54) is 0 Å². The van der Waals surface area contributed by atoms with Gasteiger partial charge in [0.05, 0.1) is 5.60 Å². The normalized spacial score (nSPS) is 16.8. The third-order valence-electron chi connectivity index (χ3n) is 3.77. The molecule has 0 radical (unpaired) electrons. The average Bonchev–Trinajstić information content (AvgIpc) is 2.13.